The predicted molar refractivity (Wildman–Crippen MR) is 171 cm³/mol. The van der Waals surface area contributed by atoms with E-state index in [4.69, 9.17) is 45.1 Å². The van der Waals surface area contributed by atoms with Crippen molar-refractivity contribution in [1.82, 2.24) is 14.9 Å². The number of hydrogen-bond donors (Lipinski definition) is 1. The highest BCUT2D eigenvalue weighted by molar-refractivity contribution is 7.80. The second kappa shape index (κ2) is 11.2. The van der Waals surface area contributed by atoms with Crippen LogP contribution in [-0.4, -0.2) is 14.7 Å². The summed E-state index contributed by atoms with van der Waals surface area (Å²) in [6.07, 6.45) is 1.81. The highest BCUT2D eigenvalue weighted by Gasteiger charge is 2.42. The highest BCUT2D eigenvalue weighted by Crippen LogP contribution is 2.44. The molecule has 206 valence electrons. The summed E-state index contributed by atoms with van der Waals surface area (Å²) in [5, 5.41) is 5.22. The van der Waals surface area contributed by atoms with Gasteiger partial charge in [-0.3, -0.25) is 4.98 Å². The van der Waals surface area contributed by atoms with Crippen LogP contribution in [-0.2, 0) is 0 Å². The maximum atomic E-state index is 6.68. The number of ether oxygens (including phenoxy) is 1. The number of rotatable bonds is 6. The highest BCUT2D eigenvalue weighted by atomic mass is 35.5. The van der Waals surface area contributed by atoms with Crippen molar-refractivity contribution in [2.24, 2.45) is 0 Å². The number of aromatic nitrogens is 2. The van der Waals surface area contributed by atoms with Crippen LogP contribution in [0.1, 0.15) is 40.3 Å². The van der Waals surface area contributed by atoms with Crippen LogP contribution in [0, 0.1) is 20.8 Å². The summed E-state index contributed by atoms with van der Waals surface area (Å²) in [7, 11) is 0. The number of benzene rings is 3. The summed E-state index contributed by atoms with van der Waals surface area (Å²) in [4.78, 5) is 6.86. The minimum absolute atomic E-state index is 0.168. The summed E-state index contributed by atoms with van der Waals surface area (Å²) in [5.74, 6) is 1.59. The molecule has 0 saturated carbocycles. The molecular weight excluding hydrogens is 571 g/mol. The van der Waals surface area contributed by atoms with E-state index in [0.29, 0.717) is 15.2 Å². The van der Waals surface area contributed by atoms with Crippen molar-refractivity contribution in [1.29, 1.82) is 0 Å². The Kier molecular flexibility index (Phi) is 7.47. The number of hydrogen-bond acceptors (Lipinski definition) is 3. The van der Waals surface area contributed by atoms with Crippen LogP contribution in [0.25, 0.3) is 5.69 Å². The van der Waals surface area contributed by atoms with E-state index in [1.54, 1.807) is 6.07 Å². The van der Waals surface area contributed by atoms with Gasteiger partial charge in [0.25, 0.3) is 0 Å². The summed E-state index contributed by atoms with van der Waals surface area (Å²) >= 11 is 19.0. The van der Waals surface area contributed by atoms with Gasteiger partial charge in [0.15, 0.2) is 5.11 Å². The third-order valence-electron chi connectivity index (χ3n) is 7.50. The number of thiocarbonyl (C=S) groups is 1. The predicted octanol–water partition coefficient (Wildman–Crippen LogP) is 9.07. The van der Waals surface area contributed by atoms with Gasteiger partial charge in [-0.15, -0.1) is 0 Å². The minimum Gasteiger partial charge on any atom is -0.457 e. The lowest BCUT2D eigenvalue weighted by atomic mass is 9.96. The van der Waals surface area contributed by atoms with Crippen molar-refractivity contribution >= 4 is 46.2 Å². The third kappa shape index (κ3) is 5.08. The topological polar surface area (TPSA) is 42.3 Å². The standard InChI is InChI=1S/C33H28Cl2N4OS/c1-20-9-4-5-13-29(20)40-24-16-14-23(15-17-24)39-32(31(37-33(39)41)27-11-6-7-18-36-27)25-19-21(2)38(22(25)3)28-12-8-10-26(34)30(28)35/h4-19,31-32H,1-3H3,(H,37,41)/t31-,32-/m1/s1. The molecule has 41 heavy (non-hydrogen) atoms. The molecule has 1 fully saturated rings. The normalized spacial score (nSPS) is 16.6. The average Bonchev–Trinajstić information content (AvgIpc) is 3.47. The molecule has 5 nitrogen and oxygen atoms in total. The Hall–Kier alpha value is -3.84. The van der Waals surface area contributed by atoms with Gasteiger partial charge in [-0.1, -0.05) is 53.5 Å². The maximum absolute atomic E-state index is 6.68. The monoisotopic (exact) mass is 598 g/mol. The lowest BCUT2D eigenvalue weighted by Gasteiger charge is -2.28. The molecule has 2 aromatic heterocycles. The van der Waals surface area contributed by atoms with Gasteiger partial charge >= 0.3 is 0 Å². The molecule has 1 aliphatic heterocycles. The molecule has 0 unspecified atom stereocenters. The van der Waals surface area contributed by atoms with E-state index in [-0.39, 0.29) is 12.1 Å². The van der Waals surface area contributed by atoms with E-state index in [0.717, 1.165) is 51.1 Å². The Morgan fingerprint density at radius 3 is 2.37 bits per heavy atom. The Morgan fingerprint density at radius 1 is 0.878 bits per heavy atom. The second-order valence-corrected chi connectivity index (χ2v) is 11.3. The first-order chi connectivity index (χ1) is 19.8. The molecule has 1 aliphatic rings. The lowest BCUT2D eigenvalue weighted by Crippen LogP contribution is -2.29. The number of aryl methyl sites for hydroxylation is 2. The van der Waals surface area contributed by atoms with Gasteiger partial charge in [-0.2, -0.15) is 0 Å². The Balaban J connectivity index is 1.43. The smallest absolute Gasteiger partial charge is 0.174 e. The molecule has 0 spiro atoms. The van der Waals surface area contributed by atoms with Crippen LogP contribution in [0.4, 0.5) is 5.69 Å². The molecule has 0 radical (unpaired) electrons. The van der Waals surface area contributed by atoms with Gasteiger partial charge in [0, 0.05) is 23.3 Å². The Bertz CT molecular complexity index is 1740. The van der Waals surface area contributed by atoms with E-state index in [1.165, 1.54) is 0 Å². The first kappa shape index (κ1) is 27.3. The van der Waals surface area contributed by atoms with E-state index in [1.807, 2.05) is 92.0 Å². The molecule has 3 heterocycles. The number of anilines is 1. The van der Waals surface area contributed by atoms with Crippen LogP contribution >= 0.6 is 35.4 Å². The Morgan fingerprint density at radius 2 is 1.63 bits per heavy atom. The van der Waals surface area contributed by atoms with Crippen LogP contribution in [0.5, 0.6) is 11.5 Å². The molecule has 3 aromatic carbocycles. The van der Waals surface area contributed by atoms with E-state index in [9.17, 15) is 0 Å². The Labute approximate surface area is 255 Å². The minimum atomic E-state index is -0.171. The largest absolute Gasteiger partial charge is 0.457 e. The first-order valence-corrected chi connectivity index (χ1v) is 14.5. The molecule has 2 atom stereocenters. The van der Waals surface area contributed by atoms with Crippen molar-refractivity contribution in [3.63, 3.8) is 0 Å². The van der Waals surface area contributed by atoms with Crippen molar-refractivity contribution in [3.8, 4) is 17.2 Å². The fraction of sp³-hybridized carbons (Fsp3) is 0.152. The maximum Gasteiger partial charge on any atom is 0.174 e. The molecule has 1 N–H and O–H groups in total. The molecule has 0 aliphatic carbocycles. The van der Waals surface area contributed by atoms with Crippen molar-refractivity contribution < 1.29 is 4.74 Å². The van der Waals surface area contributed by atoms with Gasteiger partial charge in [0.05, 0.1) is 33.5 Å². The van der Waals surface area contributed by atoms with Crippen molar-refractivity contribution in [2.75, 3.05) is 4.90 Å². The van der Waals surface area contributed by atoms with Gasteiger partial charge in [0.1, 0.15) is 11.5 Å². The van der Waals surface area contributed by atoms with Gasteiger partial charge in [-0.05, 0) is 105 Å². The third-order valence-corrected chi connectivity index (χ3v) is 8.62. The average molecular weight is 600 g/mol. The quantitative estimate of drug-likeness (QED) is 0.197. The SMILES string of the molecule is Cc1ccccc1Oc1ccc(N2C(=S)N[C@H](c3ccccn3)[C@H]2c2cc(C)n(-c3cccc(Cl)c3Cl)c2C)cc1. The van der Waals surface area contributed by atoms with Crippen molar-refractivity contribution in [2.45, 2.75) is 32.9 Å². The van der Waals surface area contributed by atoms with Gasteiger partial charge in [-0.25, -0.2) is 0 Å². The molecule has 8 heteroatoms. The number of para-hydroxylation sites is 1. The van der Waals surface area contributed by atoms with Crippen LogP contribution < -0.4 is 15.0 Å². The summed E-state index contributed by atoms with van der Waals surface area (Å²) in [6.45, 7) is 6.22. The molecule has 6 rings (SSSR count). The second-order valence-electron chi connectivity index (χ2n) is 10.1. The fourth-order valence-corrected chi connectivity index (χ4v) is 6.27. The van der Waals surface area contributed by atoms with Gasteiger partial charge in [0.2, 0.25) is 0 Å². The molecular formula is C33H28Cl2N4OS. The van der Waals surface area contributed by atoms with Crippen LogP contribution in [0.15, 0.2) is 97.2 Å². The molecule has 0 amide bonds. The van der Waals surface area contributed by atoms with Crippen LogP contribution in [0.2, 0.25) is 10.0 Å². The number of halogens is 2. The van der Waals surface area contributed by atoms with E-state index >= 15 is 0 Å². The van der Waals surface area contributed by atoms with Crippen LogP contribution in [0.3, 0.4) is 0 Å². The fourth-order valence-electron chi connectivity index (χ4n) is 5.54. The molecule has 1 saturated heterocycles. The summed E-state index contributed by atoms with van der Waals surface area (Å²) < 4.78 is 8.31. The number of nitrogens with zero attached hydrogens (tertiary/aromatic N) is 3. The van der Waals surface area contributed by atoms with E-state index < -0.39 is 0 Å². The molecule has 0 bridgehead atoms. The van der Waals surface area contributed by atoms with Crippen molar-refractivity contribution in [3.05, 3.63) is 135 Å². The zero-order valence-corrected chi connectivity index (χ0v) is 25.1. The number of pyridine rings is 1. The number of nitrogens with one attached hydrogen (secondary N) is 1. The van der Waals surface area contributed by atoms with E-state index in [2.05, 4.69) is 34.7 Å². The summed E-state index contributed by atoms with van der Waals surface area (Å²) in [5.41, 5.74) is 6.99. The molecule has 5 aromatic rings. The zero-order valence-electron chi connectivity index (χ0n) is 22.8. The lowest BCUT2D eigenvalue weighted by molar-refractivity contribution is 0.479. The first-order valence-electron chi connectivity index (χ1n) is 13.3. The summed E-state index contributed by atoms with van der Waals surface area (Å²) in [6, 6.07) is 29.5. The zero-order chi connectivity index (χ0) is 28.7. The van der Waals surface area contributed by atoms with Gasteiger partial charge < -0.3 is 19.5 Å².